The predicted octanol–water partition coefficient (Wildman–Crippen LogP) is 3.59. The van der Waals surface area contributed by atoms with Crippen molar-refractivity contribution in [2.45, 2.75) is 12.8 Å². The third kappa shape index (κ3) is 5.30. The first-order valence-electron chi connectivity index (χ1n) is 6.63. The van der Waals surface area contributed by atoms with Crippen molar-refractivity contribution in [3.8, 4) is 5.75 Å². The molecule has 0 bridgehead atoms. The van der Waals surface area contributed by atoms with E-state index in [0.717, 1.165) is 55.9 Å². The monoisotopic (exact) mass is 347 g/mol. The van der Waals surface area contributed by atoms with Crippen molar-refractivity contribution in [1.29, 1.82) is 0 Å². The first-order valence-corrected chi connectivity index (χ1v) is 7.81. The summed E-state index contributed by atoms with van der Waals surface area (Å²) in [7, 11) is 0. The Labute approximate surface area is 128 Å². The van der Waals surface area contributed by atoms with Gasteiger partial charge in [-0.2, -0.15) is 0 Å². The molecule has 0 spiro atoms. The van der Waals surface area contributed by atoms with Gasteiger partial charge in [-0.15, -0.1) is 0 Å². The maximum Gasteiger partial charge on any atom is 0.137 e. The van der Waals surface area contributed by atoms with E-state index in [2.05, 4.69) is 20.8 Å². The Morgan fingerprint density at radius 1 is 1.26 bits per heavy atom. The number of hydrogen-bond acceptors (Lipinski definition) is 3. The van der Waals surface area contributed by atoms with Gasteiger partial charge in [-0.1, -0.05) is 27.5 Å². The Morgan fingerprint density at radius 3 is 2.79 bits per heavy atom. The smallest absolute Gasteiger partial charge is 0.137 e. The van der Waals surface area contributed by atoms with Gasteiger partial charge in [0.1, 0.15) is 5.75 Å². The van der Waals surface area contributed by atoms with Gasteiger partial charge in [0, 0.05) is 17.6 Å². The molecule has 106 valence electrons. The van der Waals surface area contributed by atoms with Crippen LogP contribution < -0.4 is 4.74 Å². The zero-order valence-corrected chi connectivity index (χ0v) is 13.3. The molecule has 0 atom stereocenters. The Hall–Kier alpha value is -0.290. The lowest BCUT2D eigenvalue weighted by atomic mass is 10.3. The molecule has 0 N–H and O–H groups in total. The van der Waals surface area contributed by atoms with Crippen LogP contribution in [0.4, 0.5) is 0 Å². The largest absolute Gasteiger partial charge is 0.492 e. The molecule has 0 saturated carbocycles. The number of morpholine rings is 1. The van der Waals surface area contributed by atoms with E-state index in [9.17, 15) is 0 Å². The zero-order chi connectivity index (χ0) is 13.5. The quantitative estimate of drug-likeness (QED) is 0.733. The molecule has 1 aromatic rings. The summed E-state index contributed by atoms with van der Waals surface area (Å²) >= 11 is 9.46. The normalized spacial score (nSPS) is 16.5. The van der Waals surface area contributed by atoms with Gasteiger partial charge in [-0.25, -0.2) is 0 Å². The van der Waals surface area contributed by atoms with E-state index in [1.165, 1.54) is 0 Å². The molecular weight excluding hydrogens is 330 g/mol. The van der Waals surface area contributed by atoms with Crippen molar-refractivity contribution >= 4 is 27.5 Å². The average molecular weight is 349 g/mol. The lowest BCUT2D eigenvalue weighted by Crippen LogP contribution is -2.36. The SMILES string of the molecule is Clc1cc(Br)ccc1OCCCCN1CCOCC1. The van der Waals surface area contributed by atoms with Crippen LogP contribution >= 0.6 is 27.5 Å². The molecule has 1 fully saturated rings. The molecule has 2 rings (SSSR count). The fourth-order valence-corrected chi connectivity index (χ4v) is 2.76. The highest BCUT2D eigenvalue weighted by Crippen LogP contribution is 2.27. The first kappa shape index (κ1) is 15.1. The van der Waals surface area contributed by atoms with Gasteiger partial charge in [-0.3, -0.25) is 4.90 Å². The third-order valence-electron chi connectivity index (χ3n) is 3.12. The van der Waals surface area contributed by atoms with Gasteiger partial charge < -0.3 is 9.47 Å². The highest BCUT2D eigenvalue weighted by molar-refractivity contribution is 9.10. The molecule has 1 heterocycles. The molecule has 1 saturated heterocycles. The van der Waals surface area contributed by atoms with Crippen molar-refractivity contribution in [3.63, 3.8) is 0 Å². The van der Waals surface area contributed by atoms with Gasteiger partial charge in [0.15, 0.2) is 0 Å². The fourth-order valence-electron chi connectivity index (χ4n) is 2.04. The summed E-state index contributed by atoms with van der Waals surface area (Å²) in [5.74, 6) is 0.760. The highest BCUT2D eigenvalue weighted by atomic mass is 79.9. The van der Waals surface area contributed by atoms with E-state index in [-0.39, 0.29) is 0 Å². The minimum Gasteiger partial charge on any atom is -0.492 e. The van der Waals surface area contributed by atoms with Crippen LogP contribution in [0.15, 0.2) is 22.7 Å². The summed E-state index contributed by atoms with van der Waals surface area (Å²) in [5.41, 5.74) is 0. The highest BCUT2D eigenvalue weighted by Gasteiger charge is 2.09. The lowest BCUT2D eigenvalue weighted by molar-refractivity contribution is 0.0368. The molecule has 19 heavy (non-hydrogen) atoms. The summed E-state index contributed by atoms with van der Waals surface area (Å²) in [6.07, 6.45) is 2.19. The average Bonchev–Trinajstić information content (AvgIpc) is 2.42. The van der Waals surface area contributed by atoms with Crippen LogP contribution in [0.3, 0.4) is 0 Å². The Morgan fingerprint density at radius 2 is 2.05 bits per heavy atom. The van der Waals surface area contributed by atoms with Gasteiger partial charge in [0.25, 0.3) is 0 Å². The number of halogens is 2. The van der Waals surface area contributed by atoms with Crippen LogP contribution in [-0.4, -0.2) is 44.4 Å². The van der Waals surface area contributed by atoms with E-state index >= 15 is 0 Å². The second kappa shape index (κ2) is 8.10. The number of benzene rings is 1. The number of rotatable bonds is 6. The fraction of sp³-hybridized carbons (Fsp3) is 0.571. The van der Waals surface area contributed by atoms with Crippen LogP contribution in [-0.2, 0) is 4.74 Å². The molecule has 0 unspecified atom stereocenters. The maximum atomic E-state index is 6.09. The van der Waals surface area contributed by atoms with Crippen molar-refractivity contribution in [3.05, 3.63) is 27.7 Å². The minimum absolute atomic E-state index is 0.655. The Bertz CT molecular complexity index is 397. The molecule has 5 heteroatoms. The van der Waals surface area contributed by atoms with Crippen LogP contribution in [0.1, 0.15) is 12.8 Å². The Balaban J connectivity index is 1.61. The number of ether oxygens (including phenoxy) is 2. The van der Waals surface area contributed by atoms with E-state index in [0.29, 0.717) is 11.6 Å². The van der Waals surface area contributed by atoms with Crippen LogP contribution in [0.5, 0.6) is 5.75 Å². The summed E-state index contributed by atoms with van der Waals surface area (Å²) < 4.78 is 12.0. The lowest BCUT2D eigenvalue weighted by Gasteiger charge is -2.26. The number of nitrogens with zero attached hydrogens (tertiary/aromatic N) is 1. The molecule has 0 radical (unpaired) electrons. The van der Waals surface area contributed by atoms with Crippen LogP contribution in [0.25, 0.3) is 0 Å². The van der Waals surface area contributed by atoms with E-state index in [1.54, 1.807) is 0 Å². The molecule has 3 nitrogen and oxygen atoms in total. The van der Waals surface area contributed by atoms with Crippen LogP contribution in [0, 0.1) is 0 Å². The number of hydrogen-bond donors (Lipinski definition) is 0. The molecule has 0 amide bonds. The summed E-state index contributed by atoms with van der Waals surface area (Å²) in [6, 6.07) is 5.69. The topological polar surface area (TPSA) is 21.7 Å². The summed E-state index contributed by atoms with van der Waals surface area (Å²) in [5, 5.41) is 0.655. The van der Waals surface area contributed by atoms with E-state index in [4.69, 9.17) is 21.1 Å². The second-order valence-electron chi connectivity index (χ2n) is 4.58. The van der Waals surface area contributed by atoms with Crippen molar-refractivity contribution in [2.75, 3.05) is 39.5 Å². The van der Waals surface area contributed by atoms with Gasteiger partial charge >= 0.3 is 0 Å². The zero-order valence-electron chi connectivity index (χ0n) is 10.9. The molecule has 0 aliphatic carbocycles. The molecule has 1 aliphatic rings. The summed E-state index contributed by atoms with van der Waals surface area (Å²) in [6.45, 7) is 5.68. The Kier molecular flexibility index (Phi) is 6.44. The molecule has 1 aliphatic heterocycles. The second-order valence-corrected chi connectivity index (χ2v) is 5.91. The van der Waals surface area contributed by atoms with Crippen molar-refractivity contribution < 1.29 is 9.47 Å². The van der Waals surface area contributed by atoms with Gasteiger partial charge in [-0.05, 0) is 37.6 Å². The summed E-state index contributed by atoms with van der Waals surface area (Å²) in [4.78, 5) is 2.44. The van der Waals surface area contributed by atoms with Gasteiger partial charge in [0.05, 0.1) is 24.8 Å². The van der Waals surface area contributed by atoms with E-state index < -0.39 is 0 Å². The first-order chi connectivity index (χ1) is 9.25. The molecular formula is C14H19BrClNO2. The standard InChI is InChI=1S/C14H19BrClNO2/c15-12-3-4-14(13(16)11-12)19-8-2-1-5-17-6-9-18-10-7-17/h3-4,11H,1-2,5-10H2. The molecule has 0 aromatic heterocycles. The minimum atomic E-state index is 0.655. The van der Waals surface area contributed by atoms with Crippen molar-refractivity contribution in [2.24, 2.45) is 0 Å². The maximum absolute atomic E-state index is 6.09. The van der Waals surface area contributed by atoms with Gasteiger partial charge in [0.2, 0.25) is 0 Å². The number of unbranched alkanes of at least 4 members (excludes halogenated alkanes) is 1. The van der Waals surface area contributed by atoms with Crippen LogP contribution in [0.2, 0.25) is 5.02 Å². The molecule has 1 aromatic carbocycles. The predicted molar refractivity (Wildman–Crippen MR) is 81.1 cm³/mol. The van der Waals surface area contributed by atoms with E-state index in [1.807, 2.05) is 18.2 Å². The third-order valence-corrected chi connectivity index (χ3v) is 3.91. The van der Waals surface area contributed by atoms with Crippen molar-refractivity contribution in [1.82, 2.24) is 4.90 Å².